The Labute approximate surface area is 127 Å². The van der Waals surface area contributed by atoms with Gasteiger partial charge in [-0.05, 0) is 30.4 Å². The predicted octanol–water partition coefficient (Wildman–Crippen LogP) is 1.86. The normalized spacial score (nSPS) is 22.1. The van der Waals surface area contributed by atoms with E-state index in [2.05, 4.69) is 6.92 Å². The second-order valence-electron chi connectivity index (χ2n) is 5.75. The molecular formula is C16H25BO4. The molecular weight excluding hydrogens is 267 g/mol. The Bertz CT molecular complexity index is 450. The molecule has 2 unspecified atom stereocenters. The summed E-state index contributed by atoms with van der Waals surface area (Å²) in [6.07, 6.45) is 6.42. The zero-order chi connectivity index (χ0) is 15.2. The summed E-state index contributed by atoms with van der Waals surface area (Å²) in [4.78, 5) is 0. The molecule has 21 heavy (non-hydrogen) atoms. The van der Waals surface area contributed by atoms with Gasteiger partial charge in [-0.3, -0.25) is 0 Å². The first kappa shape index (κ1) is 16.3. The fourth-order valence-electron chi connectivity index (χ4n) is 3.14. The highest BCUT2D eigenvalue weighted by Gasteiger charge is 2.24. The molecule has 1 aliphatic carbocycles. The van der Waals surface area contributed by atoms with Gasteiger partial charge in [0.1, 0.15) is 5.75 Å². The minimum Gasteiger partial charge on any atom is -0.497 e. The van der Waals surface area contributed by atoms with Crippen LogP contribution in [0.15, 0.2) is 18.2 Å². The lowest BCUT2D eigenvalue weighted by atomic mass is 9.78. The van der Waals surface area contributed by atoms with Crippen molar-refractivity contribution in [3.8, 4) is 5.75 Å². The van der Waals surface area contributed by atoms with Crippen molar-refractivity contribution in [1.29, 1.82) is 0 Å². The molecule has 1 aromatic rings. The fourth-order valence-corrected chi connectivity index (χ4v) is 3.14. The minimum absolute atomic E-state index is 0.327. The van der Waals surface area contributed by atoms with E-state index in [-0.39, 0.29) is 0 Å². The molecule has 0 bridgehead atoms. The summed E-state index contributed by atoms with van der Waals surface area (Å²) >= 11 is 0. The molecule has 2 N–H and O–H groups in total. The Morgan fingerprint density at radius 3 is 2.67 bits per heavy atom. The summed E-state index contributed by atoms with van der Waals surface area (Å²) in [6.45, 7) is 2.73. The average Bonchev–Trinajstić information content (AvgIpc) is 2.52. The Morgan fingerprint density at radius 2 is 2.00 bits per heavy atom. The second kappa shape index (κ2) is 7.83. The second-order valence-corrected chi connectivity index (χ2v) is 5.75. The van der Waals surface area contributed by atoms with E-state index < -0.39 is 7.12 Å². The van der Waals surface area contributed by atoms with Crippen molar-refractivity contribution in [2.45, 2.75) is 51.7 Å². The van der Waals surface area contributed by atoms with Crippen LogP contribution < -0.4 is 10.2 Å². The van der Waals surface area contributed by atoms with Gasteiger partial charge in [0.05, 0.1) is 19.8 Å². The molecule has 0 heterocycles. The van der Waals surface area contributed by atoms with Crippen molar-refractivity contribution in [2.75, 3.05) is 7.11 Å². The van der Waals surface area contributed by atoms with Crippen LogP contribution in [0.4, 0.5) is 0 Å². The van der Waals surface area contributed by atoms with E-state index in [1.807, 2.05) is 6.07 Å². The molecule has 0 aromatic heterocycles. The molecule has 0 amide bonds. The van der Waals surface area contributed by atoms with Crippen molar-refractivity contribution in [1.82, 2.24) is 0 Å². The Morgan fingerprint density at radius 1 is 1.24 bits per heavy atom. The highest BCUT2D eigenvalue weighted by Crippen LogP contribution is 2.29. The summed E-state index contributed by atoms with van der Waals surface area (Å²) in [5.74, 6) is 1.14. The van der Waals surface area contributed by atoms with Gasteiger partial charge in [0.25, 0.3) is 0 Å². The predicted molar refractivity (Wildman–Crippen MR) is 83.6 cm³/mol. The molecule has 2 rings (SSSR count). The third-order valence-electron chi connectivity index (χ3n) is 4.40. The molecule has 2 atom stereocenters. The van der Waals surface area contributed by atoms with Crippen molar-refractivity contribution in [3.05, 3.63) is 23.8 Å². The average molecular weight is 292 g/mol. The van der Waals surface area contributed by atoms with Crippen molar-refractivity contribution >= 4 is 12.6 Å². The third kappa shape index (κ3) is 4.22. The van der Waals surface area contributed by atoms with Crippen LogP contribution in [-0.2, 0) is 11.3 Å². The molecule has 5 heteroatoms. The smallest absolute Gasteiger partial charge is 0.492 e. The molecule has 1 saturated carbocycles. The van der Waals surface area contributed by atoms with Crippen molar-refractivity contribution < 1.29 is 19.5 Å². The van der Waals surface area contributed by atoms with E-state index >= 15 is 0 Å². The monoisotopic (exact) mass is 292 g/mol. The van der Waals surface area contributed by atoms with Crippen LogP contribution in [-0.4, -0.2) is 30.4 Å². The molecule has 1 fully saturated rings. The van der Waals surface area contributed by atoms with Gasteiger partial charge < -0.3 is 19.5 Å². The molecule has 1 aliphatic rings. The molecule has 0 spiro atoms. The lowest BCUT2D eigenvalue weighted by Gasteiger charge is -2.30. The maximum atomic E-state index is 9.39. The number of hydrogen-bond acceptors (Lipinski definition) is 4. The Balaban J connectivity index is 2.01. The summed E-state index contributed by atoms with van der Waals surface area (Å²) in [5.41, 5.74) is 1.33. The minimum atomic E-state index is -1.53. The van der Waals surface area contributed by atoms with E-state index in [1.165, 1.54) is 26.4 Å². The SMILES string of the molecule is CCC1CCCCC1OCc1ccc(OC)c(B(O)O)c1. The number of methoxy groups -OCH3 is 1. The van der Waals surface area contributed by atoms with Gasteiger partial charge >= 0.3 is 7.12 Å². The van der Waals surface area contributed by atoms with Crippen molar-refractivity contribution in [3.63, 3.8) is 0 Å². The lowest BCUT2D eigenvalue weighted by molar-refractivity contribution is -0.0221. The van der Waals surface area contributed by atoms with E-state index in [1.54, 1.807) is 12.1 Å². The molecule has 0 saturated heterocycles. The first-order valence-corrected chi connectivity index (χ1v) is 7.80. The molecule has 0 aliphatic heterocycles. The van der Waals surface area contributed by atoms with Gasteiger partial charge in [-0.15, -0.1) is 0 Å². The van der Waals surface area contributed by atoms with E-state index in [0.717, 1.165) is 18.4 Å². The number of ether oxygens (including phenoxy) is 2. The van der Waals surface area contributed by atoms with Gasteiger partial charge in [-0.25, -0.2) is 0 Å². The van der Waals surface area contributed by atoms with Gasteiger partial charge in [0, 0.05) is 5.46 Å². The highest BCUT2D eigenvalue weighted by molar-refractivity contribution is 6.59. The van der Waals surface area contributed by atoms with Crippen LogP contribution in [0.25, 0.3) is 0 Å². The van der Waals surface area contributed by atoms with Crippen molar-refractivity contribution in [2.24, 2.45) is 5.92 Å². The van der Waals surface area contributed by atoms with Crippen LogP contribution >= 0.6 is 0 Å². The van der Waals surface area contributed by atoms with Crippen LogP contribution in [0.1, 0.15) is 44.6 Å². The molecule has 4 nitrogen and oxygen atoms in total. The molecule has 0 radical (unpaired) electrons. The largest absolute Gasteiger partial charge is 0.497 e. The van der Waals surface area contributed by atoms with Crippen LogP contribution in [0.2, 0.25) is 0 Å². The molecule has 116 valence electrons. The van der Waals surface area contributed by atoms with E-state index in [9.17, 15) is 10.0 Å². The highest BCUT2D eigenvalue weighted by atomic mass is 16.5. The zero-order valence-electron chi connectivity index (χ0n) is 12.9. The first-order chi connectivity index (χ1) is 10.2. The Hall–Kier alpha value is -1.04. The van der Waals surface area contributed by atoms with Gasteiger partial charge in [-0.1, -0.05) is 38.3 Å². The standard InChI is InChI=1S/C16H25BO4/c1-3-13-6-4-5-7-15(13)21-11-12-8-9-16(20-2)14(10-12)17(18)19/h8-10,13,15,18-19H,3-7,11H2,1-2H3. The maximum absolute atomic E-state index is 9.39. The maximum Gasteiger partial charge on any atom is 0.492 e. The third-order valence-corrected chi connectivity index (χ3v) is 4.40. The van der Waals surface area contributed by atoms with Gasteiger partial charge in [-0.2, -0.15) is 0 Å². The van der Waals surface area contributed by atoms with E-state index in [0.29, 0.717) is 29.8 Å². The fraction of sp³-hybridized carbons (Fsp3) is 0.625. The lowest BCUT2D eigenvalue weighted by Crippen LogP contribution is -2.32. The topological polar surface area (TPSA) is 58.9 Å². The van der Waals surface area contributed by atoms with E-state index in [4.69, 9.17) is 9.47 Å². The summed E-state index contributed by atoms with van der Waals surface area (Å²) in [7, 11) is -0.0105. The summed E-state index contributed by atoms with van der Waals surface area (Å²) < 4.78 is 11.2. The number of benzene rings is 1. The summed E-state index contributed by atoms with van der Waals surface area (Å²) in [6, 6.07) is 5.41. The Kier molecular flexibility index (Phi) is 6.09. The van der Waals surface area contributed by atoms with Crippen LogP contribution in [0.5, 0.6) is 5.75 Å². The quantitative estimate of drug-likeness (QED) is 0.786. The summed E-state index contributed by atoms with van der Waals surface area (Å²) in [5, 5.41) is 18.8. The number of hydrogen-bond donors (Lipinski definition) is 2. The number of rotatable bonds is 6. The first-order valence-electron chi connectivity index (χ1n) is 7.80. The zero-order valence-corrected chi connectivity index (χ0v) is 12.9. The molecule has 1 aromatic carbocycles. The van der Waals surface area contributed by atoms with Gasteiger partial charge in [0.15, 0.2) is 0 Å². The van der Waals surface area contributed by atoms with Crippen LogP contribution in [0, 0.1) is 5.92 Å². The van der Waals surface area contributed by atoms with Gasteiger partial charge in [0.2, 0.25) is 0 Å². The van der Waals surface area contributed by atoms with Crippen LogP contribution in [0.3, 0.4) is 0 Å².